The van der Waals surface area contributed by atoms with Crippen LogP contribution in [0.2, 0.25) is 0 Å². The highest BCUT2D eigenvalue weighted by atomic mass is 127. The lowest BCUT2D eigenvalue weighted by Crippen LogP contribution is -2.18. The zero-order valence-corrected chi connectivity index (χ0v) is 25.2. The van der Waals surface area contributed by atoms with Gasteiger partial charge in [0.2, 0.25) is 0 Å². The van der Waals surface area contributed by atoms with E-state index in [2.05, 4.69) is 55.7 Å². The molecule has 0 aliphatic rings. The second-order valence-electron chi connectivity index (χ2n) is 8.59. The van der Waals surface area contributed by atoms with E-state index >= 15 is 0 Å². The summed E-state index contributed by atoms with van der Waals surface area (Å²) in [5.74, 6) is 0.934. The summed E-state index contributed by atoms with van der Waals surface area (Å²) in [4.78, 5) is 18.0. The maximum atomic E-state index is 13.2. The van der Waals surface area contributed by atoms with Crippen LogP contribution in [0.3, 0.4) is 0 Å². The lowest BCUT2D eigenvalue weighted by Gasteiger charge is -2.13. The Morgan fingerprint density at radius 3 is 2.46 bits per heavy atom. The van der Waals surface area contributed by atoms with Crippen molar-refractivity contribution in [2.45, 2.75) is 6.61 Å². The fraction of sp³-hybridized carbons (Fsp3) is 0.0645. The van der Waals surface area contributed by atoms with Gasteiger partial charge >= 0.3 is 0 Å². The van der Waals surface area contributed by atoms with Gasteiger partial charge in [-0.3, -0.25) is 4.79 Å². The molecule has 1 amide bonds. The SMILES string of the molecule is COc1cc(/C=N/NC(=O)c2cc(-c3ccccc3)nc3ccccc23)cc(I)c1OCc1ccc(I)cc1. The summed E-state index contributed by atoms with van der Waals surface area (Å²) in [6.07, 6.45) is 1.59. The zero-order chi connectivity index (χ0) is 27.2. The van der Waals surface area contributed by atoms with Gasteiger partial charge in [-0.2, -0.15) is 5.10 Å². The van der Waals surface area contributed by atoms with Crippen LogP contribution in [0.4, 0.5) is 0 Å². The molecular formula is C31H23I2N3O3. The van der Waals surface area contributed by atoms with Crippen molar-refractivity contribution in [2.75, 3.05) is 7.11 Å². The molecular weight excluding hydrogens is 716 g/mol. The van der Waals surface area contributed by atoms with Crippen LogP contribution in [0, 0.1) is 7.14 Å². The van der Waals surface area contributed by atoms with Crippen molar-refractivity contribution >= 4 is 68.2 Å². The van der Waals surface area contributed by atoms with E-state index in [1.54, 1.807) is 19.4 Å². The van der Waals surface area contributed by atoms with Gasteiger partial charge in [0.15, 0.2) is 11.5 Å². The highest BCUT2D eigenvalue weighted by molar-refractivity contribution is 14.1. The minimum atomic E-state index is -0.318. The van der Waals surface area contributed by atoms with E-state index < -0.39 is 0 Å². The highest BCUT2D eigenvalue weighted by Crippen LogP contribution is 2.34. The van der Waals surface area contributed by atoms with E-state index in [1.807, 2.05) is 91.0 Å². The van der Waals surface area contributed by atoms with Crippen LogP contribution in [-0.2, 0) is 6.61 Å². The molecule has 0 bridgehead atoms. The Bertz CT molecular complexity index is 1660. The number of fused-ring (bicyclic) bond motifs is 1. The van der Waals surface area contributed by atoms with Crippen LogP contribution in [0.1, 0.15) is 21.5 Å². The number of carbonyl (C=O) groups is 1. The molecule has 0 fully saturated rings. The lowest BCUT2D eigenvalue weighted by atomic mass is 10.0. The van der Waals surface area contributed by atoms with Crippen LogP contribution in [0.15, 0.2) is 102 Å². The number of aromatic nitrogens is 1. The number of methoxy groups -OCH3 is 1. The monoisotopic (exact) mass is 739 g/mol. The van der Waals surface area contributed by atoms with E-state index in [-0.39, 0.29) is 5.91 Å². The molecule has 1 aromatic heterocycles. The Morgan fingerprint density at radius 1 is 0.949 bits per heavy atom. The van der Waals surface area contributed by atoms with Crippen molar-refractivity contribution in [3.05, 3.63) is 121 Å². The predicted molar refractivity (Wildman–Crippen MR) is 171 cm³/mol. The highest BCUT2D eigenvalue weighted by Gasteiger charge is 2.14. The second-order valence-corrected chi connectivity index (χ2v) is 11.0. The number of para-hydroxylation sites is 1. The normalized spacial score (nSPS) is 11.1. The number of amides is 1. The maximum absolute atomic E-state index is 13.2. The first-order chi connectivity index (χ1) is 19.0. The molecule has 0 aliphatic carbocycles. The molecule has 0 saturated heterocycles. The summed E-state index contributed by atoms with van der Waals surface area (Å²) in [6, 6.07) is 31.1. The van der Waals surface area contributed by atoms with Crippen molar-refractivity contribution in [2.24, 2.45) is 5.10 Å². The zero-order valence-electron chi connectivity index (χ0n) is 20.9. The number of benzene rings is 4. The maximum Gasteiger partial charge on any atom is 0.272 e. The van der Waals surface area contributed by atoms with Crippen molar-refractivity contribution in [3.63, 3.8) is 0 Å². The minimum absolute atomic E-state index is 0.318. The van der Waals surface area contributed by atoms with E-state index in [1.165, 1.54) is 3.57 Å². The quantitative estimate of drug-likeness (QED) is 0.102. The molecule has 39 heavy (non-hydrogen) atoms. The Morgan fingerprint density at radius 2 is 1.69 bits per heavy atom. The summed E-state index contributed by atoms with van der Waals surface area (Å²) in [6.45, 7) is 0.428. The third-order valence-electron chi connectivity index (χ3n) is 5.96. The molecule has 0 aliphatic heterocycles. The average Bonchev–Trinajstić information content (AvgIpc) is 2.97. The van der Waals surface area contributed by atoms with Gasteiger partial charge in [0, 0.05) is 14.5 Å². The number of hydrogen-bond acceptors (Lipinski definition) is 5. The predicted octanol–water partition coefficient (Wildman–Crippen LogP) is 7.46. The Kier molecular flexibility index (Phi) is 8.72. The molecule has 5 aromatic rings. The van der Waals surface area contributed by atoms with Crippen LogP contribution in [0.25, 0.3) is 22.2 Å². The summed E-state index contributed by atoms with van der Waals surface area (Å²) >= 11 is 4.49. The van der Waals surface area contributed by atoms with Crippen LogP contribution in [-0.4, -0.2) is 24.2 Å². The number of ether oxygens (including phenoxy) is 2. The molecule has 8 heteroatoms. The first-order valence-corrected chi connectivity index (χ1v) is 14.2. The number of rotatable bonds is 8. The first-order valence-electron chi connectivity index (χ1n) is 12.0. The van der Waals surface area contributed by atoms with Gasteiger partial charge in [0.1, 0.15) is 6.61 Å². The van der Waals surface area contributed by atoms with Gasteiger partial charge in [-0.25, -0.2) is 10.4 Å². The third-order valence-corrected chi connectivity index (χ3v) is 7.48. The van der Waals surface area contributed by atoms with Gasteiger partial charge in [0.25, 0.3) is 5.91 Å². The Balaban J connectivity index is 1.34. The summed E-state index contributed by atoms with van der Waals surface area (Å²) in [5.41, 5.74) is 7.41. The van der Waals surface area contributed by atoms with Gasteiger partial charge in [-0.15, -0.1) is 0 Å². The number of nitrogens with one attached hydrogen (secondary N) is 1. The molecule has 0 spiro atoms. The molecule has 194 valence electrons. The molecule has 0 atom stereocenters. The average molecular weight is 739 g/mol. The van der Waals surface area contributed by atoms with Gasteiger partial charge < -0.3 is 9.47 Å². The third kappa shape index (κ3) is 6.56. The van der Waals surface area contributed by atoms with Crippen molar-refractivity contribution in [1.82, 2.24) is 10.4 Å². The second kappa shape index (κ2) is 12.6. The van der Waals surface area contributed by atoms with E-state index in [4.69, 9.17) is 14.5 Å². The standard InChI is InChI=1S/C31H23I2N3O3/c1-38-29-16-21(15-26(33)30(29)39-19-20-11-13-23(32)14-12-20)18-34-36-31(37)25-17-28(22-7-3-2-4-8-22)35-27-10-6-5-9-24(25)27/h2-18H,19H2,1H3,(H,36,37)/b34-18+. The number of carbonyl (C=O) groups excluding carboxylic acids is 1. The lowest BCUT2D eigenvalue weighted by molar-refractivity contribution is 0.0956. The van der Waals surface area contributed by atoms with Crippen molar-refractivity contribution in [1.29, 1.82) is 0 Å². The van der Waals surface area contributed by atoms with Gasteiger partial charge in [-0.05, 0) is 92.7 Å². The summed E-state index contributed by atoms with van der Waals surface area (Å²) in [5, 5.41) is 4.99. The molecule has 0 saturated carbocycles. The van der Waals surface area contributed by atoms with Crippen LogP contribution >= 0.6 is 45.2 Å². The van der Waals surface area contributed by atoms with E-state index in [0.29, 0.717) is 23.7 Å². The smallest absolute Gasteiger partial charge is 0.272 e. The van der Waals surface area contributed by atoms with Crippen molar-refractivity contribution in [3.8, 4) is 22.8 Å². The number of nitrogens with zero attached hydrogens (tertiary/aromatic N) is 2. The fourth-order valence-electron chi connectivity index (χ4n) is 4.04. The molecule has 6 nitrogen and oxygen atoms in total. The topological polar surface area (TPSA) is 72.8 Å². The molecule has 0 unspecified atom stereocenters. The van der Waals surface area contributed by atoms with Crippen LogP contribution in [0.5, 0.6) is 11.5 Å². The van der Waals surface area contributed by atoms with Gasteiger partial charge in [-0.1, -0.05) is 60.7 Å². The number of hydrazone groups is 1. The fourth-order valence-corrected chi connectivity index (χ4v) is 5.18. The summed E-state index contributed by atoms with van der Waals surface area (Å²) < 4.78 is 13.7. The molecule has 4 aromatic carbocycles. The first kappa shape index (κ1) is 27.1. The number of pyridine rings is 1. The van der Waals surface area contributed by atoms with Crippen molar-refractivity contribution < 1.29 is 14.3 Å². The van der Waals surface area contributed by atoms with Crippen LogP contribution < -0.4 is 14.9 Å². The number of hydrogen-bond donors (Lipinski definition) is 1. The largest absolute Gasteiger partial charge is 0.493 e. The Labute approximate surface area is 253 Å². The summed E-state index contributed by atoms with van der Waals surface area (Å²) in [7, 11) is 1.60. The minimum Gasteiger partial charge on any atom is -0.493 e. The van der Waals surface area contributed by atoms with E-state index in [9.17, 15) is 4.79 Å². The number of halogens is 2. The molecule has 1 heterocycles. The molecule has 1 N–H and O–H groups in total. The molecule has 0 radical (unpaired) electrons. The molecule has 5 rings (SSSR count). The Hall–Kier alpha value is -3.51. The van der Waals surface area contributed by atoms with E-state index in [0.717, 1.165) is 36.9 Å². The van der Waals surface area contributed by atoms with Gasteiger partial charge in [0.05, 0.1) is 33.7 Å².